The quantitative estimate of drug-likeness (QED) is 0.474. The Labute approximate surface area is 96.9 Å². The monoisotopic (exact) mass is 230 g/mol. The zero-order valence-corrected chi connectivity index (χ0v) is 10.0. The first kappa shape index (κ1) is 15.1. The third-order valence-electron chi connectivity index (χ3n) is 2.15. The first-order valence-electron chi connectivity index (χ1n) is 5.40. The van der Waals surface area contributed by atoms with E-state index in [1.807, 2.05) is 0 Å². The van der Waals surface area contributed by atoms with Crippen LogP contribution in [-0.4, -0.2) is 50.0 Å². The molecule has 2 unspecified atom stereocenters. The molecule has 0 saturated heterocycles. The molecule has 3 N–H and O–H groups in total. The topological polar surface area (TPSA) is 70.6 Å². The first-order chi connectivity index (χ1) is 7.65. The third-order valence-corrected chi connectivity index (χ3v) is 2.15. The van der Waals surface area contributed by atoms with Gasteiger partial charge in [-0.05, 0) is 13.3 Å². The maximum Gasteiger partial charge on any atom is 0.237 e. The van der Waals surface area contributed by atoms with E-state index >= 15 is 0 Å². The normalized spacial score (nSPS) is 14.2. The zero-order chi connectivity index (χ0) is 12.4. The number of rotatable bonds is 9. The molecule has 0 fully saturated rings. The van der Waals surface area contributed by atoms with Crippen molar-refractivity contribution in [3.8, 4) is 0 Å². The van der Waals surface area contributed by atoms with Gasteiger partial charge in [-0.25, -0.2) is 0 Å². The van der Waals surface area contributed by atoms with Crippen molar-refractivity contribution < 1.29 is 14.6 Å². The average molecular weight is 230 g/mol. The van der Waals surface area contributed by atoms with Gasteiger partial charge in [-0.2, -0.15) is 0 Å². The van der Waals surface area contributed by atoms with Crippen LogP contribution in [0, 0.1) is 0 Å². The van der Waals surface area contributed by atoms with E-state index in [9.17, 15) is 4.79 Å². The highest BCUT2D eigenvalue weighted by Crippen LogP contribution is 1.95. The molecule has 0 aliphatic heterocycles. The molecule has 0 aromatic carbocycles. The Kier molecular flexibility index (Phi) is 8.80. The highest BCUT2D eigenvalue weighted by Gasteiger charge is 2.16. The average Bonchev–Trinajstić information content (AvgIpc) is 2.26. The first-order valence-corrected chi connectivity index (χ1v) is 5.40. The van der Waals surface area contributed by atoms with Crippen molar-refractivity contribution >= 4 is 5.91 Å². The van der Waals surface area contributed by atoms with E-state index in [4.69, 9.17) is 9.84 Å². The van der Waals surface area contributed by atoms with Gasteiger partial charge in [0.1, 0.15) is 0 Å². The van der Waals surface area contributed by atoms with Crippen LogP contribution in [0.15, 0.2) is 12.7 Å². The van der Waals surface area contributed by atoms with Gasteiger partial charge in [-0.3, -0.25) is 4.79 Å². The number of methoxy groups -OCH3 is 1. The molecular formula is C11H22N2O3. The minimum absolute atomic E-state index is 0.0144. The summed E-state index contributed by atoms with van der Waals surface area (Å²) in [6.45, 7) is 6.30. The minimum atomic E-state index is -0.313. The highest BCUT2D eigenvalue weighted by molar-refractivity contribution is 5.81. The second-order valence-corrected chi connectivity index (χ2v) is 3.59. The van der Waals surface area contributed by atoms with Crippen LogP contribution in [0.5, 0.6) is 0 Å². The number of carbonyl (C=O) groups is 1. The Morgan fingerprint density at radius 1 is 1.62 bits per heavy atom. The van der Waals surface area contributed by atoms with Crippen molar-refractivity contribution in [3.05, 3.63) is 12.7 Å². The largest absolute Gasteiger partial charge is 0.396 e. The lowest BCUT2D eigenvalue weighted by molar-refractivity contribution is -0.122. The summed E-state index contributed by atoms with van der Waals surface area (Å²) in [5.74, 6) is -0.0843. The van der Waals surface area contributed by atoms with Gasteiger partial charge in [-0.15, -0.1) is 6.58 Å². The smallest absolute Gasteiger partial charge is 0.237 e. The number of aliphatic hydroxyl groups is 1. The van der Waals surface area contributed by atoms with Crippen LogP contribution in [0.1, 0.15) is 13.3 Å². The Bertz CT molecular complexity index is 203. The SMILES string of the molecule is C=CCNC(=O)C(C)NC(CCO)COC. The molecule has 0 rings (SSSR count). The lowest BCUT2D eigenvalue weighted by Gasteiger charge is -2.21. The molecule has 0 aliphatic carbocycles. The van der Waals surface area contributed by atoms with Gasteiger partial charge < -0.3 is 20.5 Å². The van der Waals surface area contributed by atoms with Crippen molar-refractivity contribution in [3.63, 3.8) is 0 Å². The summed E-state index contributed by atoms with van der Waals surface area (Å²) < 4.78 is 5.00. The van der Waals surface area contributed by atoms with E-state index in [1.54, 1.807) is 20.1 Å². The molecule has 5 heteroatoms. The van der Waals surface area contributed by atoms with Gasteiger partial charge in [0.25, 0.3) is 0 Å². The Hall–Kier alpha value is -0.910. The summed E-state index contributed by atoms with van der Waals surface area (Å²) in [7, 11) is 1.59. The number of hydrogen-bond donors (Lipinski definition) is 3. The number of aliphatic hydroxyl groups excluding tert-OH is 1. The van der Waals surface area contributed by atoms with Crippen LogP contribution < -0.4 is 10.6 Å². The number of ether oxygens (including phenoxy) is 1. The maximum atomic E-state index is 11.5. The summed E-state index contributed by atoms with van der Waals surface area (Å²) in [5.41, 5.74) is 0. The van der Waals surface area contributed by atoms with Gasteiger partial charge in [0.15, 0.2) is 0 Å². The Balaban J connectivity index is 4.00. The minimum Gasteiger partial charge on any atom is -0.396 e. The second kappa shape index (κ2) is 9.33. The Morgan fingerprint density at radius 3 is 2.81 bits per heavy atom. The molecule has 0 spiro atoms. The van der Waals surface area contributed by atoms with Crippen LogP contribution in [0.3, 0.4) is 0 Å². The van der Waals surface area contributed by atoms with E-state index in [0.717, 1.165) is 0 Å². The number of nitrogens with one attached hydrogen (secondary N) is 2. The van der Waals surface area contributed by atoms with Crippen molar-refractivity contribution in [2.45, 2.75) is 25.4 Å². The molecule has 0 bridgehead atoms. The number of hydrogen-bond acceptors (Lipinski definition) is 4. The van der Waals surface area contributed by atoms with E-state index in [1.165, 1.54) is 0 Å². The third kappa shape index (κ3) is 6.55. The number of amides is 1. The lowest BCUT2D eigenvalue weighted by Crippen LogP contribution is -2.48. The fraction of sp³-hybridized carbons (Fsp3) is 0.727. The zero-order valence-electron chi connectivity index (χ0n) is 10.0. The van der Waals surface area contributed by atoms with Gasteiger partial charge in [0.05, 0.1) is 12.6 Å². The predicted molar refractivity (Wildman–Crippen MR) is 63.2 cm³/mol. The van der Waals surface area contributed by atoms with Crippen molar-refractivity contribution in [1.29, 1.82) is 0 Å². The molecule has 94 valence electrons. The van der Waals surface area contributed by atoms with Crippen LogP contribution in [0.4, 0.5) is 0 Å². The van der Waals surface area contributed by atoms with Crippen LogP contribution in [-0.2, 0) is 9.53 Å². The lowest BCUT2D eigenvalue weighted by atomic mass is 10.2. The summed E-state index contributed by atoms with van der Waals surface area (Å²) >= 11 is 0. The summed E-state index contributed by atoms with van der Waals surface area (Å²) in [5, 5.41) is 14.6. The molecule has 0 aliphatic rings. The molecule has 5 nitrogen and oxygen atoms in total. The van der Waals surface area contributed by atoms with Crippen molar-refractivity contribution in [2.24, 2.45) is 0 Å². The molecule has 0 aromatic rings. The second-order valence-electron chi connectivity index (χ2n) is 3.59. The number of carbonyl (C=O) groups excluding carboxylic acids is 1. The van der Waals surface area contributed by atoms with E-state index in [2.05, 4.69) is 17.2 Å². The molecule has 2 atom stereocenters. The summed E-state index contributed by atoms with van der Waals surface area (Å²) in [4.78, 5) is 11.5. The summed E-state index contributed by atoms with van der Waals surface area (Å²) in [6, 6.07) is -0.328. The van der Waals surface area contributed by atoms with E-state index in [0.29, 0.717) is 19.6 Å². The van der Waals surface area contributed by atoms with Crippen LogP contribution >= 0.6 is 0 Å². The fourth-order valence-corrected chi connectivity index (χ4v) is 1.33. The van der Waals surface area contributed by atoms with E-state index < -0.39 is 0 Å². The molecule has 0 aromatic heterocycles. The Morgan fingerprint density at radius 2 is 2.31 bits per heavy atom. The molecule has 0 heterocycles. The standard InChI is InChI=1S/C11H22N2O3/c1-4-6-12-11(15)9(2)13-10(5-7-14)8-16-3/h4,9-10,13-14H,1,5-8H2,2-3H3,(H,12,15). The van der Waals surface area contributed by atoms with Gasteiger partial charge in [0.2, 0.25) is 5.91 Å². The highest BCUT2D eigenvalue weighted by atomic mass is 16.5. The van der Waals surface area contributed by atoms with Gasteiger partial charge >= 0.3 is 0 Å². The van der Waals surface area contributed by atoms with Crippen LogP contribution in [0.2, 0.25) is 0 Å². The molecule has 0 saturated carbocycles. The molecule has 16 heavy (non-hydrogen) atoms. The maximum absolute atomic E-state index is 11.5. The van der Waals surface area contributed by atoms with Crippen molar-refractivity contribution in [1.82, 2.24) is 10.6 Å². The van der Waals surface area contributed by atoms with E-state index in [-0.39, 0.29) is 24.6 Å². The molecule has 0 radical (unpaired) electrons. The summed E-state index contributed by atoms with van der Waals surface area (Å²) in [6.07, 6.45) is 2.19. The van der Waals surface area contributed by atoms with Crippen LogP contribution in [0.25, 0.3) is 0 Å². The fourth-order valence-electron chi connectivity index (χ4n) is 1.33. The predicted octanol–water partition coefficient (Wildman–Crippen LogP) is -0.336. The molecular weight excluding hydrogens is 208 g/mol. The van der Waals surface area contributed by atoms with Gasteiger partial charge in [-0.1, -0.05) is 6.08 Å². The molecule has 1 amide bonds. The van der Waals surface area contributed by atoms with Gasteiger partial charge in [0, 0.05) is 26.3 Å². The van der Waals surface area contributed by atoms with Crippen molar-refractivity contribution in [2.75, 3.05) is 26.9 Å².